The normalized spacial score (nSPS) is 18.0. The number of aromatic nitrogens is 2. The van der Waals surface area contributed by atoms with E-state index in [0.717, 1.165) is 10.6 Å². The molecule has 2 aromatic rings. The summed E-state index contributed by atoms with van der Waals surface area (Å²) in [6, 6.07) is 0.322. The third-order valence-electron chi connectivity index (χ3n) is 4.76. The van der Waals surface area contributed by atoms with Crippen LogP contribution in [-0.4, -0.2) is 22.6 Å². The molecule has 0 saturated heterocycles. The van der Waals surface area contributed by atoms with Gasteiger partial charge in [0.15, 0.2) is 0 Å². The summed E-state index contributed by atoms with van der Waals surface area (Å²) in [7, 11) is 0. The second-order valence-corrected chi connectivity index (χ2v) is 7.27. The van der Waals surface area contributed by atoms with E-state index >= 15 is 0 Å². The summed E-state index contributed by atoms with van der Waals surface area (Å²) in [5.41, 5.74) is 7.32. The molecule has 0 bridgehead atoms. The maximum Gasteiger partial charge on any atom is 0.138 e. The second-order valence-electron chi connectivity index (χ2n) is 6.07. The van der Waals surface area contributed by atoms with Crippen molar-refractivity contribution < 1.29 is 0 Å². The van der Waals surface area contributed by atoms with Crippen LogP contribution in [-0.2, 0) is 0 Å². The molecule has 5 heteroatoms. The lowest BCUT2D eigenvalue weighted by Gasteiger charge is -2.30. The Hall–Kier alpha value is -1.20. The molecular formula is C16H24N4S. The summed E-state index contributed by atoms with van der Waals surface area (Å²) >= 11 is 1.74. The van der Waals surface area contributed by atoms with Crippen LogP contribution >= 0.6 is 11.3 Å². The van der Waals surface area contributed by atoms with Crippen LogP contribution in [0.3, 0.4) is 0 Å². The zero-order valence-electron chi connectivity index (χ0n) is 12.9. The van der Waals surface area contributed by atoms with Gasteiger partial charge in [0, 0.05) is 17.5 Å². The predicted octanol–water partition coefficient (Wildman–Crippen LogP) is 3.63. The number of nitrogens with zero attached hydrogens (tertiary/aromatic N) is 2. The van der Waals surface area contributed by atoms with Crippen LogP contribution in [0.5, 0.6) is 0 Å². The van der Waals surface area contributed by atoms with Gasteiger partial charge in [0.1, 0.15) is 17.0 Å². The number of rotatable bonds is 4. The fraction of sp³-hybridized carbons (Fsp3) is 0.625. The highest BCUT2D eigenvalue weighted by molar-refractivity contribution is 7.18. The van der Waals surface area contributed by atoms with E-state index in [1.54, 1.807) is 17.7 Å². The largest absolute Gasteiger partial charge is 0.365 e. The van der Waals surface area contributed by atoms with Crippen LogP contribution in [0.4, 0.5) is 5.82 Å². The van der Waals surface area contributed by atoms with Crippen molar-refractivity contribution in [1.29, 1.82) is 0 Å². The molecule has 0 radical (unpaired) electrons. The van der Waals surface area contributed by atoms with Gasteiger partial charge in [-0.15, -0.1) is 11.3 Å². The van der Waals surface area contributed by atoms with Gasteiger partial charge in [-0.1, -0.05) is 19.3 Å². The van der Waals surface area contributed by atoms with Crippen molar-refractivity contribution >= 4 is 27.4 Å². The molecule has 0 spiro atoms. The lowest BCUT2D eigenvalue weighted by molar-refractivity contribution is 0.320. The molecule has 0 aromatic carbocycles. The Morgan fingerprint density at radius 1 is 1.29 bits per heavy atom. The standard InChI is InChI=1S/C16H24N4S/c1-10-11(2)21-16-14(10)15(18-9-19-16)20-13(8-17)12-6-4-3-5-7-12/h9,12-13H,3-8,17H2,1-2H3,(H,18,19,20). The highest BCUT2D eigenvalue weighted by Crippen LogP contribution is 2.34. The summed E-state index contributed by atoms with van der Waals surface area (Å²) in [5.74, 6) is 1.64. The SMILES string of the molecule is Cc1sc2ncnc(NC(CN)C3CCCCC3)c2c1C. The quantitative estimate of drug-likeness (QED) is 0.905. The van der Waals surface area contributed by atoms with Gasteiger partial charge in [-0.05, 0) is 38.2 Å². The topological polar surface area (TPSA) is 63.8 Å². The predicted molar refractivity (Wildman–Crippen MR) is 89.9 cm³/mol. The van der Waals surface area contributed by atoms with Crippen LogP contribution in [0, 0.1) is 19.8 Å². The zero-order chi connectivity index (χ0) is 14.8. The fourth-order valence-corrected chi connectivity index (χ4v) is 4.37. The molecule has 1 atom stereocenters. The van der Waals surface area contributed by atoms with Crippen molar-refractivity contribution in [2.45, 2.75) is 52.0 Å². The number of thiophene rings is 1. The molecule has 1 aliphatic rings. The van der Waals surface area contributed by atoms with Gasteiger partial charge in [0.25, 0.3) is 0 Å². The minimum atomic E-state index is 0.322. The van der Waals surface area contributed by atoms with Crippen molar-refractivity contribution in [3.63, 3.8) is 0 Å². The highest BCUT2D eigenvalue weighted by Gasteiger charge is 2.24. The molecule has 0 amide bonds. The highest BCUT2D eigenvalue weighted by atomic mass is 32.1. The van der Waals surface area contributed by atoms with E-state index in [4.69, 9.17) is 5.73 Å². The van der Waals surface area contributed by atoms with Gasteiger partial charge in [0.05, 0.1) is 5.39 Å². The van der Waals surface area contributed by atoms with Crippen molar-refractivity contribution in [3.05, 3.63) is 16.8 Å². The van der Waals surface area contributed by atoms with Crippen molar-refractivity contribution in [2.24, 2.45) is 11.7 Å². The smallest absolute Gasteiger partial charge is 0.138 e. The van der Waals surface area contributed by atoms with Gasteiger partial charge in [-0.25, -0.2) is 9.97 Å². The fourth-order valence-electron chi connectivity index (χ4n) is 3.37. The third-order valence-corrected chi connectivity index (χ3v) is 5.88. The Bertz CT molecular complexity index is 616. The lowest BCUT2D eigenvalue weighted by atomic mass is 9.84. The average Bonchev–Trinajstić information content (AvgIpc) is 2.81. The first-order valence-electron chi connectivity index (χ1n) is 7.88. The van der Waals surface area contributed by atoms with Gasteiger partial charge < -0.3 is 11.1 Å². The molecule has 4 nitrogen and oxygen atoms in total. The summed E-state index contributed by atoms with van der Waals surface area (Å²) in [5, 5.41) is 4.80. The van der Waals surface area contributed by atoms with Crippen LogP contribution in [0.1, 0.15) is 42.5 Å². The molecule has 114 valence electrons. The maximum absolute atomic E-state index is 6.04. The number of aryl methyl sites for hydroxylation is 2. The Morgan fingerprint density at radius 3 is 2.76 bits per heavy atom. The molecule has 1 fully saturated rings. The summed E-state index contributed by atoms with van der Waals surface area (Å²) in [6.07, 6.45) is 8.26. The van der Waals surface area contributed by atoms with E-state index < -0.39 is 0 Å². The summed E-state index contributed by atoms with van der Waals surface area (Å²) in [6.45, 7) is 4.96. The molecule has 3 N–H and O–H groups in total. The Balaban J connectivity index is 1.89. The third kappa shape index (κ3) is 2.90. The number of nitrogens with two attached hydrogens (primary N) is 1. The van der Waals surface area contributed by atoms with Crippen LogP contribution in [0.2, 0.25) is 0 Å². The van der Waals surface area contributed by atoms with E-state index in [1.807, 2.05) is 0 Å². The first-order chi connectivity index (χ1) is 10.2. The Kier molecular flexibility index (Phi) is 4.40. The molecule has 3 rings (SSSR count). The molecule has 1 saturated carbocycles. The minimum Gasteiger partial charge on any atom is -0.365 e. The van der Waals surface area contributed by atoms with E-state index in [9.17, 15) is 0 Å². The van der Waals surface area contributed by atoms with Crippen LogP contribution in [0.25, 0.3) is 10.2 Å². The molecule has 2 aromatic heterocycles. The van der Waals surface area contributed by atoms with E-state index in [2.05, 4.69) is 29.1 Å². The van der Waals surface area contributed by atoms with Crippen LogP contribution < -0.4 is 11.1 Å². The van der Waals surface area contributed by atoms with Crippen molar-refractivity contribution in [2.75, 3.05) is 11.9 Å². The number of anilines is 1. The number of hydrogen-bond acceptors (Lipinski definition) is 5. The van der Waals surface area contributed by atoms with Gasteiger partial charge in [0.2, 0.25) is 0 Å². The second kappa shape index (κ2) is 6.28. The molecular weight excluding hydrogens is 280 g/mol. The van der Waals surface area contributed by atoms with E-state index in [0.29, 0.717) is 18.5 Å². The van der Waals surface area contributed by atoms with Crippen molar-refractivity contribution in [1.82, 2.24) is 9.97 Å². The Labute approximate surface area is 130 Å². The minimum absolute atomic E-state index is 0.322. The molecule has 1 unspecified atom stereocenters. The maximum atomic E-state index is 6.04. The molecule has 0 aliphatic heterocycles. The van der Waals surface area contributed by atoms with Crippen molar-refractivity contribution in [3.8, 4) is 0 Å². The summed E-state index contributed by atoms with van der Waals surface area (Å²) in [4.78, 5) is 11.3. The average molecular weight is 304 g/mol. The number of hydrogen-bond donors (Lipinski definition) is 2. The summed E-state index contributed by atoms with van der Waals surface area (Å²) < 4.78 is 0. The van der Waals surface area contributed by atoms with Gasteiger partial charge in [-0.3, -0.25) is 0 Å². The first kappa shape index (κ1) is 14.7. The van der Waals surface area contributed by atoms with Gasteiger partial charge >= 0.3 is 0 Å². The Morgan fingerprint density at radius 2 is 2.05 bits per heavy atom. The molecule has 1 aliphatic carbocycles. The monoisotopic (exact) mass is 304 g/mol. The zero-order valence-corrected chi connectivity index (χ0v) is 13.7. The lowest BCUT2D eigenvalue weighted by Crippen LogP contribution is -2.37. The van der Waals surface area contributed by atoms with Crippen LogP contribution in [0.15, 0.2) is 6.33 Å². The first-order valence-corrected chi connectivity index (χ1v) is 8.69. The van der Waals surface area contributed by atoms with E-state index in [1.165, 1.54) is 47.9 Å². The molecule has 21 heavy (non-hydrogen) atoms. The number of fused-ring (bicyclic) bond motifs is 1. The number of nitrogens with one attached hydrogen (secondary N) is 1. The molecule has 2 heterocycles. The van der Waals surface area contributed by atoms with Gasteiger partial charge in [-0.2, -0.15) is 0 Å². The van der Waals surface area contributed by atoms with E-state index in [-0.39, 0.29) is 0 Å².